The van der Waals surface area contributed by atoms with Gasteiger partial charge in [-0.25, -0.2) is 4.98 Å². The second-order valence-corrected chi connectivity index (χ2v) is 9.89. The van der Waals surface area contributed by atoms with Crippen molar-refractivity contribution in [3.63, 3.8) is 0 Å². The number of anilines is 1. The topological polar surface area (TPSA) is 52.9 Å². The van der Waals surface area contributed by atoms with Crippen LogP contribution in [0.4, 0.5) is 5.82 Å². The van der Waals surface area contributed by atoms with E-state index in [1.807, 2.05) is 6.07 Å². The summed E-state index contributed by atoms with van der Waals surface area (Å²) in [5.41, 5.74) is 6.20. The molecule has 1 amide bonds. The number of para-hydroxylation sites is 2. The lowest BCUT2D eigenvalue weighted by molar-refractivity contribution is -0.125. The number of carbonyl (C=O) groups is 1. The van der Waals surface area contributed by atoms with Crippen LogP contribution >= 0.6 is 0 Å². The number of hydrogen-bond donors (Lipinski definition) is 1. The number of amides is 1. The minimum absolute atomic E-state index is 0.0939. The molecule has 1 N–H and O–H groups in total. The summed E-state index contributed by atoms with van der Waals surface area (Å²) in [6.07, 6.45) is 5.97. The first kappa shape index (κ1) is 22.1. The van der Waals surface area contributed by atoms with Crippen molar-refractivity contribution in [2.24, 2.45) is 5.92 Å². The number of hydrogen-bond acceptors (Lipinski definition) is 4. The smallest absolute Gasteiger partial charge is 0.223 e. The fourth-order valence-electron chi connectivity index (χ4n) is 5.70. The lowest BCUT2D eigenvalue weighted by Crippen LogP contribution is -2.41. The van der Waals surface area contributed by atoms with Gasteiger partial charge in [0.05, 0.1) is 16.6 Å². The van der Waals surface area contributed by atoms with E-state index in [2.05, 4.69) is 80.3 Å². The van der Waals surface area contributed by atoms with Crippen LogP contribution < -0.4 is 10.2 Å². The molecule has 0 spiro atoms. The Balaban J connectivity index is 0.998. The van der Waals surface area contributed by atoms with Gasteiger partial charge in [0.25, 0.3) is 0 Å². The SMILES string of the molecule is O=C(NCCCN1CCc2ccccc2C1)C1CCN(c2nc3ccccc3n3cccc23)CC1. The van der Waals surface area contributed by atoms with Gasteiger partial charge in [0, 0.05) is 51.4 Å². The number of nitrogens with zero attached hydrogens (tertiary/aromatic N) is 4. The van der Waals surface area contributed by atoms with Crippen LogP contribution in [0.1, 0.15) is 30.4 Å². The lowest BCUT2D eigenvalue weighted by atomic mass is 9.96. The average Bonchev–Trinajstić information content (AvgIpc) is 3.41. The molecule has 1 saturated heterocycles. The van der Waals surface area contributed by atoms with E-state index in [0.717, 1.165) is 87.3 Å². The van der Waals surface area contributed by atoms with Crippen LogP contribution in [0.2, 0.25) is 0 Å². The van der Waals surface area contributed by atoms with Gasteiger partial charge in [0.15, 0.2) is 5.82 Å². The van der Waals surface area contributed by atoms with E-state index in [1.54, 1.807) is 0 Å². The van der Waals surface area contributed by atoms with Crippen molar-refractivity contribution in [1.29, 1.82) is 0 Å². The van der Waals surface area contributed by atoms with Crippen molar-refractivity contribution in [3.05, 3.63) is 78.0 Å². The Kier molecular flexibility index (Phi) is 6.13. The Morgan fingerprint density at radius 2 is 1.69 bits per heavy atom. The van der Waals surface area contributed by atoms with Crippen molar-refractivity contribution in [1.82, 2.24) is 19.6 Å². The largest absolute Gasteiger partial charge is 0.356 e. The van der Waals surface area contributed by atoms with Gasteiger partial charge in [-0.05, 0) is 61.1 Å². The highest BCUT2D eigenvalue weighted by atomic mass is 16.1. The molecule has 0 unspecified atom stereocenters. The van der Waals surface area contributed by atoms with Crippen LogP contribution in [0.3, 0.4) is 0 Å². The first-order valence-corrected chi connectivity index (χ1v) is 12.9. The number of aromatic nitrogens is 2. The number of fused-ring (bicyclic) bond motifs is 4. The van der Waals surface area contributed by atoms with Crippen LogP contribution in [-0.4, -0.2) is 52.9 Å². The first-order chi connectivity index (χ1) is 17.3. The maximum atomic E-state index is 12.8. The standard InChI is InChI=1S/C29H33N5O/c35-29(30-15-6-16-32-18-12-22-7-1-2-8-24(22)21-32)23-13-19-33(20-14-23)28-27-11-5-17-34(27)26-10-4-3-9-25(26)31-28/h1-5,7-11,17,23H,6,12-16,18-21H2,(H,30,35). The molecule has 0 bridgehead atoms. The third-order valence-corrected chi connectivity index (χ3v) is 7.67. The fourth-order valence-corrected chi connectivity index (χ4v) is 5.70. The van der Waals surface area contributed by atoms with Gasteiger partial charge in [0.1, 0.15) is 0 Å². The van der Waals surface area contributed by atoms with E-state index >= 15 is 0 Å². The number of carbonyl (C=O) groups excluding carboxylic acids is 1. The average molecular weight is 468 g/mol. The molecular formula is C29H33N5O. The molecule has 4 aromatic rings. The molecule has 1 fully saturated rings. The Labute approximate surface area is 206 Å². The number of nitrogens with one attached hydrogen (secondary N) is 1. The zero-order valence-corrected chi connectivity index (χ0v) is 20.2. The molecule has 0 radical (unpaired) electrons. The molecule has 2 aromatic carbocycles. The summed E-state index contributed by atoms with van der Waals surface area (Å²) in [7, 11) is 0. The summed E-state index contributed by atoms with van der Waals surface area (Å²) >= 11 is 0. The Bertz CT molecular complexity index is 1340. The molecule has 0 aliphatic carbocycles. The quantitative estimate of drug-likeness (QED) is 0.431. The van der Waals surface area contributed by atoms with E-state index in [1.165, 1.54) is 11.1 Å². The Morgan fingerprint density at radius 3 is 2.57 bits per heavy atom. The first-order valence-electron chi connectivity index (χ1n) is 12.9. The van der Waals surface area contributed by atoms with E-state index in [0.29, 0.717) is 0 Å². The molecule has 6 nitrogen and oxygen atoms in total. The van der Waals surface area contributed by atoms with Crippen molar-refractivity contribution >= 4 is 28.3 Å². The monoisotopic (exact) mass is 467 g/mol. The van der Waals surface area contributed by atoms with Crippen LogP contribution in [0.15, 0.2) is 66.9 Å². The number of rotatable bonds is 6. The van der Waals surface area contributed by atoms with Crippen molar-refractivity contribution in [2.75, 3.05) is 37.6 Å². The van der Waals surface area contributed by atoms with Crippen LogP contribution in [0.25, 0.3) is 16.6 Å². The summed E-state index contributed by atoms with van der Waals surface area (Å²) in [6.45, 7) is 5.65. The molecular weight excluding hydrogens is 434 g/mol. The summed E-state index contributed by atoms with van der Waals surface area (Å²) in [6, 6.07) is 21.2. The van der Waals surface area contributed by atoms with Crippen molar-refractivity contribution < 1.29 is 4.79 Å². The molecule has 2 aliphatic heterocycles. The lowest BCUT2D eigenvalue weighted by Gasteiger charge is -2.33. The summed E-state index contributed by atoms with van der Waals surface area (Å²) < 4.78 is 2.22. The van der Waals surface area contributed by atoms with E-state index in [4.69, 9.17) is 4.98 Å². The van der Waals surface area contributed by atoms with E-state index < -0.39 is 0 Å². The minimum atomic E-state index is 0.0939. The molecule has 2 aliphatic rings. The second kappa shape index (κ2) is 9.70. The second-order valence-electron chi connectivity index (χ2n) is 9.89. The van der Waals surface area contributed by atoms with Gasteiger partial charge >= 0.3 is 0 Å². The van der Waals surface area contributed by atoms with Crippen molar-refractivity contribution in [3.8, 4) is 0 Å². The third-order valence-electron chi connectivity index (χ3n) is 7.67. The highest BCUT2D eigenvalue weighted by Gasteiger charge is 2.27. The highest BCUT2D eigenvalue weighted by Crippen LogP contribution is 2.29. The van der Waals surface area contributed by atoms with Crippen molar-refractivity contribution in [2.45, 2.75) is 32.2 Å². The zero-order chi connectivity index (χ0) is 23.6. The zero-order valence-electron chi connectivity index (χ0n) is 20.2. The Morgan fingerprint density at radius 1 is 0.914 bits per heavy atom. The maximum absolute atomic E-state index is 12.8. The minimum Gasteiger partial charge on any atom is -0.356 e. The predicted octanol–water partition coefficient (Wildman–Crippen LogP) is 4.27. The van der Waals surface area contributed by atoms with Crippen LogP contribution in [-0.2, 0) is 17.8 Å². The fraction of sp³-hybridized carbons (Fsp3) is 0.379. The number of piperidine rings is 1. The van der Waals surface area contributed by atoms with Crippen LogP contribution in [0.5, 0.6) is 0 Å². The molecule has 180 valence electrons. The summed E-state index contributed by atoms with van der Waals surface area (Å²) in [4.78, 5) is 22.7. The maximum Gasteiger partial charge on any atom is 0.223 e. The summed E-state index contributed by atoms with van der Waals surface area (Å²) in [5, 5.41) is 3.21. The summed E-state index contributed by atoms with van der Waals surface area (Å²) in [5.74, 6) is 1.33. The van der Waals surface area contributed by atoms with Gasteiger partial charge in [-0.1, -0.05) is 36.4 Å². The van der Waals surface area contributed by atoms with Gasteiger partial charge in [-0.15, -0.1) is 0 Å². The molecule has 35 heavy (non-hydrogen) atoms. The van der Waals surface area contributed by atoms with E-state index in [-0.39, 0.29) is 11.8 Å². The highest BCUT2D eigenvalue weighted by molar-refractivity contribution is 5.85. The van der Waals surface area contributed by atoms with Crippen LogP contribution in [0, 0.1) is 5.92 Å². The van der Waals surface area contributed by atoms with Gasteiger partial charge in [-0.2, -0.15) is 0 Å². The molecule has 0 saturated carbocycles. The molecule has 2 aromatic heterocycles. The predicted molar refractivity (Wildman–Crippen MR) is 141 cm³/mol. The van der Waals surface area contributed by atoms with Gasteiger partial charge < -0.3 is 14.6 Å². The molecule has 6 heteroatoms. The molecule has 0 atom stereocenters. The molecule has 4 heterocycles. The van der Waals surface area contributed by atoms with Gasteiger partial charge in [-0.3, -0.25) is 9.69 Å². The number of benzene rings is 2. The molecule has 6 rings (SSSR count). The van der Waals surface area contributed by atoms with E-state index in [9.17, 15) is 4.79 Å². The normalized spacial score (nSPS) is 17.1. The third kappa shape index (κ3) is 4.50. The Hall–Kier alpha value is -3.38. The van der Waals surface area contributed by atoms with Gasteiger partial charge in [0.2, 0.25) is 5.91 Å².